The average Bonchev–Trinajstić information content (AvgIpc) is 2.31. The maximum Gasteiger partial charge on any atom is 0.379 e. The maximum absolute atomic E-state index is 11.5. The fourth-order valence-electron chi connectivity index (χ4n) is 1.19. The normalized spacial score (nSPS) is 9.83. The smallest absolute Gasteiger partial charge is 0.379 e. The second-order valence-electron chi connectivity index (χ2n) is 3.17. The van der Waals surface area contributed by atoms with Crippen LogP contribution >= 0.6 is 0 Å². The fourth-order valence-corrected chi connectivity index (χ4v) is 1.19. The van der Waals surface area contributed by atoms with Crippen molar-refractivity contribution in [2.75, 3.05) is 6.61 Å². The molecular formula is C10H9NO7. The number of phenolic OH excluding ortho intramolecular Hbond substituents is 2. The summed E-state index contributed by atoms with van der Waals surface area (Å²) in [5, 5.41) is 29.0. The molecule has 0 amide bonds. The molecule has 0 heterocycles. The molecule has 1 aromatic rings. The highest BCUT2D eigenvalue weighted by atomic mass is 16.6. The highest BCUT2D eigenvalue weighted by Crippen LogP contribution is 2.36. The molecule has 0 saturated carbocycles. The van der Waals surface area contributed by atoms with Gasteiger partial charge in [0.25, 0.3) is 5.78 Å². The molecule has 1 rings (SSSR count). The Kier molecular flexibility index (Phi) is 3.82. The SMILES string of the molecule is CCOC(=O)C(=O)c1cc(O)c(O)c([N+](=O)[O-])c1. The summed E-state index contributed by atoms with van der Waals surface area (Å²) < 4.78 is 4.43. The lowest BCUT2D eigenvalue weighted by atomic mass is 10.1. The number of benzene rings is 1. The number of hydrogen-bond donors (Lipinski definition) is 2. The predicted octanol–water partition coefficient (Wildman–Crippen LogP) is 0.752. The Morgan fingerprint density at radius 1 is 1.39 bits per heavy atom. The summed E-state index contributed by atoms with van der Waals surface area (Å²) in [6, 6.07) is 1.44. The highest BCUT2D eigenvalue weighted by Gasteiger charge is 2.25. The summed E-state index contributed by atoms with van der Waals surface area (Å²) >= 11 is 0. The molecule has 0 unspecified atom stereocenters. The fraction of sp³-hybridized carbons (Fsp3) is 0.200. The molecule has 8 nitrogen and oxygen atoms in total. The van der Waals surface area contributed by atoms with Gasteiger partial charge in [-0.05, 0) is 13.0 Å². The number of Topliss-reactive ketones (excluding diaryl/α,β-unsaturated/α-hetero) is 1. The second kappa shape index (κ2) is 5.13. The monoisotopic (exact) mass is 255 g/mol. The molecule has 0 atom stereocenters. The molecule has 0 spiro atoms. The minimum Gasteiger partial charge on any atom is -0.504 e. The number of phenols is 2. The van der Waals surface area contributed by atoms with E-state index >= 15 is 0 Å². The van der Waals surface area contributed by atoms with Gasteiger partial charge in [-0.1, -0.05) is 0 Å². The third-order valence-electron chi connectivity index (χ3n) is 1.99. The third kappa shape index (κ3) is 2.54. The molecule has 0 aliphatic rings. The molecule has 96 valence electrons. The lowest BCUT2D eigenvalue weighted by molar-refractivity contribution is -0.386. The summed E-state index contributed by atoms with van der Waals surface area (Å²) in [7, 11) is 0. The molecule has 0 aliphatic carbocycles. The molecule has 0 saturated heterocycles. The number of ether oxygens (including phenoxy) is 1. The van der Waals surface area contributed by atoms with E-state index in [2.05, 4.69) is 4.74 Å². The van der Waals surface area contributed by atoms with E-state index in [0.717, 1.165) is 6.07 Å². The zero-order valence-corrected chi connectivity index (χ0v) is 9.24. The zero-order valence-electron chi connectivity index (χ0n) is 9.24. The molecule has 0 radical (unpaired) electrons. The van der Waals surface area contributed by atoms with Gasteiger partial charge in [0.2, 0.25) is 5.75 Å². The van der Waals surface area contributed by atoms with Gasteiger partial charge in [-0.3, -0.25) is 14.9 Å². The number of nitro groups is 1. The first-order chi connectivity index (χ1) is 8.38. The van der Waals surface area contributed by atoms with Gasteiger partial charge in [-0.2, -0.15) is 0 Å². The number of carbonyl (C=O) groups is 2. The minimum atomic E-state index is -1.20. The van der Waals surface area contributed by atoms with E-state index in [1.165, 1.54) is 6.92 Å². The molecule has 18 heavy (non-hydrogen) atoms. The number of hydrogen-bond acceptors (Lipinski definition) is 7. The van der Waals surface area contributed by atoms with Crippen LogP contribution in [0.25, 0.3) is 0 Å². The van der Waals surface area contributed by atoms with E-state index in [-0.39, 0.29) is 6.61 Å². The number of aromatic hydroxyl groups is 2. The maximum atomic E-state index is 11.5. The first-order valence-electron chi connectivity index (χ1n) is 4.80. The van der Waals surface area contributed by atoms with Crippen molar-refractivity contribution in [1.29, 1.82) is 0 Å². The third-order valence-corrected chi connectivity index (χ3v) is 1.99. The molecule has 2 N–H and O–H groups in total. The van der Waals surface area contributed by atoms with Crippen LogP contribution in [0.2, 0.25) is 0 Å². The minimum absolute atomic E-state index is 0.0310. The van der Waals surface area contributed by atoms with Crippen LogP contribution in [-0.2, 0) is 9.53 Å². The average molecular weight is 255 g/mol. The standard InChI is InChI=1S/C10H9NO7/c1-2-18-10(15)8(13)5-3-6(11(16)17)9(14)7(12)4-5/h3-4,12,14H,2H2,1H3. The van der Waals surface area contributed by atoms with E-state index in [9.17, 15) is 29.9 Å². The van der Waals surface area contributed by atoms with Crippen molar-refractivity contribution in [3.63, 3.8) is 0 Å². The highest BCUT2D eigenvalue weighted by molar-refractivity contribution is 6.40. The van der Waals surface area contributed by atoms with E-state index < -0.39 is 39.4 Å². The first kappa shape index (κ1) is 13.4. The van der Waals surface area contributed by atoms with Gasteiger partial charge in [0, 0.05) is 11.6 Å². The van der Waals surface area contributed by atoms with E-state index in [0.29, 0.717) is 6.07 Å². The van der Waals surface area contributed by atoms with Gasteiger partial charge >= 0.3 is 11.7 Å². The Morgan fingerprint density at radius 2 is 2.00 bits per heavy atom. The molecular weight excluding hydrogens is 246 g/mol. The number of nitrogens with zero attached hydrogens (tertiary/aromatic N) is 1. The summed E-state index contributed by atoms with van der Waals surface area (Å²) in [6.45, 7) is 1.46. The molecule has 1 aromatic carbocycles. The second-order valence-corrected chi connectivity index (χ2v) is 3.17. The van der Waals surface area contributed by atoms with E-state index in [1.807, 2.05) is 0 Å². The van der Waals surface area contributed by atoms with Crippen LogP contribution in [0.3, 0.4) is 0 Å². The van der Waals surface area contributed by atoms with Crippen molar-refractivity contribution in [2.45, 2.75) is 6.92 Å². The lowest BCUT2D eigenvalue weighted by Crippen LogP contribution is -2.17. The van der Waals surface area contributed by atoms with Crippen molar-refractivity contribution in [2.24, 2.45) is 0 Å². The van der Waals surface area contributed by atoms with Gasteiger partial charge in [0.05, 0.1) is 11.5 Å². The van der Waals surface area contributed by atoms with Crippen LogP contribution in [0.5, 0.6) is 11.5 Å². The van der Waals surface area contributed by atoms with Gasteiger partial charge in [0.15, 0.2) is 5.75 Å². The first-order valence-corrected chi connectivity index (χ1v) is 4.80. The number of nitro benzene ring substituents is 1. The summed E-state index contributed by atoms with van der Waals surface area (Å²) in [5.41, 5.74) is -1.31. The lowest BCUT2D eigenvalue weighted by Gasteiger charge is -2.03. The summed E-state index contributed by atoms with van der Waals surface area (Å²) in [5.74, 6) is -4.18. The molecule has 0 aromatic heterocycles. The summed E-state index contributed by atoms with van der Waals surface area (Å²) in [6.07, 6.45) is 0. The Bertz CT molecular complexity index is 523. The van der Waals surface area contributed by atoms with Crippen LogP contribution in [0.4, 0.5) is 5.69 Å². The van der Waals surface area contributed by atoms with Crippen LogP contribution < -0.4 is 0 Å². The zero-order chi connectivity index (χ0) is 13.9. The topological polar surface area (TPSA) is 127 Å². The Morgan fingerprint density at radius 3 is 2.50 bits per heavy atom. The molecule has 8 heteroatoms. The number of ketones is 1. The molecule has 0 aliphatic heterocycles. The van der Waals surface area contributed by atoms with Crippen molar-refractivity contribution in [1.82, 2.24) is 0 Å². The van der Waals surface area contributed by atoms with E-state index in [1.54, 1.807) is 0 Å². The number of esters is 1. The van der Waals surface area contributed by atoms with Gasteiger partial charge in [-0.15, -0.1) is 0 Å². The molecule has 0 fully saturated rings. The van der Waals surface area contributed by atoms with Crippen LogP contribution in [0.15, 0.2) is 12.1 Å². The van der Waals surface area contributed by atoms with Crippen molar-refractivity contribution < 1.29 is 29.5 Å². The van der Waals surface area contributed by atoms with Crippen molar-refractivity contribution in [3.8, 4) is 11.5 Å². The van der Waals surface area contributed by atoms with Crippen molar-refractivity contribution >= 4 is 17.4 Å². The van der Waals surface area contributed by atoms with E-state index in [4.69, 9.17) is 0 Å². The number of carbonyl (C=O) groups excluding carboxylic acids is 2. The number of rotatable bonds is 4. The Hall–Kier alpha value is -2.64. The van der Waals surface area contributed by atoms with Crippen LogP contribution in [0, 0.1) is 10.1 Å². The van der Waals surface area contributed by atoms with Gasteiger partial charge in [0.1, 0.15) is 0 Å². The van der Waals surface area contributed by atoms with Gasteiger partial charge in [-0.25, -0.2) is 4.79 Å². The largest absolute Gasteiger partial charge is 0.504 e. The summed E-state index contributed by atoms with van der Waals surface area (Å²) in [4.78, 5) is 32.2. The van der Waals surface area contributed by atoms with Crippen molar-refractivity contribution in [3.05, 3.63) is 27.8 Å². The predicted molar refractivity (Wildman–Crippen MR) is 57.4 cm³/mol. The van der Waals surface area contributed by atoms with Crippen LogP contribution in [0.1, 0.15) is 17.3 Å². The van der Waals surface area contributed by atoms with Crippen LogP contribution in [-0.4, -0.2) is 33.5 Å². The van der Waals surface area contributed by atoms with Gasteiger partial charge < -0.3 is 14.9 Å². The quantitative estimate of drug-likeness (QED) is 0.203. The Balaban J connectivity index is 3.23. The molecule has 0 bridgehead atoms. The Labute approximate surface area is 101 Å².